The van der Waals surface area contributed by atoms with Crippen LogP contribution in [-0.2, 0) is 16.0 Å². The number of hydrogen-bond acceptors (Lipinski definition) is 6. The van der Waals surface area contributed by atoms with E-state index in [-0.39, 0.29) is 11.4 Å². The average molecular weight is 281 g/mol. The minimum absolute atomic E-state index is 0.0438. The molecule has 2 atom stereocenters. The van der Waals surface area contributed by atoms with Crippen LogP contribution in [0.1, 0.15) is 32.0 Å². The summed E-state index contributed by atoms with van der Waals surface area (Å²) in [5.41, 5.74) is -0.299. The Bertz CT molecular complexity index is 490. The van der Waals surface area contributed by atoms with Crippen LogP contribution in [0.2, 0.25) is 0 Å². The quantitative estimate of drug-likeness (QED) is 0.792. The number of methoxy groups -OCH3 is 1. The molecule has 2 heterocycles. The molecule has 0 bridgehead atoms. The summed E-state index contributed by atoms with van der Waals surface area (Å²) in [7, 11) is 1.50. The van der Waals surface area contributed by atoms with Gasteiger partial charge in [-0.25, -0.2) is 4.98 Å². The van der Waals surface area contributed by atoms with Gasteiger partial charge in [0, 0.05) is 31.0 Å². The summed E-state index contributed by atoms with van der Waals surface area (Å²) < 4.78 is 9.38. The number of rotatable bonds is 3. The van der Waals surface area contributed by atoms with E-state index in [1.807, 2.05) is 0 Å². The predicted molar refractivity (Wildman–Crippen MR) is 73.3 cm³/mol. The van der Waals surface area contributed by atoms with E-state index in [2.05, 4.69) is 21.2 Å². The SMILES string of the molecule is CCc1nsc(N2CC3CCCC3(C(=O)OC)C2)n1. The molecule has 2 aliphatic rings. The van der Waals surface area contributed by atoms with Crippen LogP contribution in [-0.4, -0.2) is 35.5 Å². The number of hydrogen-bond donors (Lipinski definition) is 0. The third kappa shape index (κ3) is 1.93. The summed E-state index contributed by atoms with van der Waals surface area (Å²) >= 11 is 1.44. The monoisotopic (exact) mass is 281 g/mol. The standard InChI is InChI=1S/C13H19N3O2S/c1-3-10-14-12(19-15-10)16-7-9-5-4-6-13(9,8-16)11(17)18-2/h9H,3-8H2,1-2H3. The predicted octanol–water partition coefficient (Wildman–Crippen LogP) is 1.88. The van der Waals surface area contributed by atoms with Crippen LogP contribution in [0.25, 0.3) is 0 Å². The first-order valence-electron chi connectivity index (χ1n) is 6.85. The molecule has 0 amide bonds. The van der Waals surface area contributed by atoms with E-state index >= 15 is 0 Å². The van der Waals surface area contributed by atoms with E-state index < -0.39 is 0 Å². The highest BCUT2D eigenvalue weighted by molar-refractivity contribution is 7.09. The first kappa shape index (κ1) is 12.8. The Balaban J connectivity index is 1.83. The molecular formula is C13H19N3O2S. The summed E-state index contributed by atoms with van der Waals surface area (Å²) in [6.45, 7) is 3.70. The molecule has 2 fully saturated rings. The summed E-state index contributed by atoms with van der Waals surface area (Å²) in [5.74, 6) is 1.26. The second-order valence-corrected chi connectivity index (χ2v) is 6.19. The number of anilines is 1. The molecule has 2 unspecified atom stereocenters. The second kappa shape index (κ2) is 4.74. The Morgan fingerprint density at radius 3 is 3.16 bits per heavy atom. The molecule has 1 aliphatic heterocycles. The van der Waals surface area contributed by atoms with Gasteiger partial charge in [-0.2, -0.15) is 4.37 Å². The van der Waals surface area contributed by atoms with E-state index in [4.69, 9.17) is 4.74 Å². The van der Waals surface area contributed by atoms with Crippen LogP contribution in [0.15, 0.2) is 0 Å². The summed E-state index contributed by atoms with van der Waals surface area (Å²) in [6.07, 6.45) is 4.05. The highest BCUT2D eigenvalue weighted by Gasteiger charge is 2.55. The third-order valence-electron chi connectivity index (χ3n) is 4.51. The lowest BCUT2D eigenvalue weighted by Crippen LogP contribution is -2.36. The van der Waals surface area contributed by atoms with E-state index in [0.29, 0.717) is 5.92 Å². The molecule has 0 N–H and O–H groups in total. The zero-order chi connectivity index (χ0) is 13.5. The maximum Gasteiger partial charge on any atom is 0.313 e. The summed E-state index contributed by atoms with van der Waals surface area (Å²) in [4.78, 5) is 18.9. The maximum absolute atomic E-state index is 12.2. The molecule has 1 aromatic rings. The third-order valence-corrected chi connectivity index (χ3v) is 5.32. The number of fused-ring (bicyclic) bond motifs is 1. The van der Waals surface area contributed by atoms with Gasteiger partial charge in [0.1, 0.15) is 5.82 Å². The van der Waals surface area contributed by atoms with Gasteiger partial charge in [-0.3, -0.25) is 4.79 Å². The van der Waals surface area contributed by atoms with Gasteiger partial charge in [0.25, 0.3) is 0 Å². The molecule has 19 heavy (non-hydrogen) atoms. The topological polar surface area (TPSA) is 55.3 Å². The zero-order valence-corrected chi connectivity index (χ0v) is 12.2. The van der Waals surface area contributed by atoms with Crippen molar-refractivity contribution in [3.05, 3.63) is 5.82 Å². The van der Waals surface area contributed by atoms with Gasteiger partial charge in [0.2, 0.25) is 5.13 Å². The van der Waals surface area contributed by atoms with Gasteiger partial charge in [-0.05, 0) is 18.8 Å². The molecule has 1 saturated carbocycles. The first-order chi connectivity index (χ1) is 9.19. The van der Waals surface area contributed by atoms with Crippen molar-refractivity contribution < 1.29 is 9.53 Å². The lowest BCUT2D eigenvalue weighted by atomic mass is 9.81. The molecule has 1 aliphatic carbocycles. The van der Waals surface area contributed by atoms with E-state index in [9.17, 15) is 4.79 Å². The van der Waals surface area contributed by atoms with Crippen molar-refractivity contribution in [1.82, 2.24) is 9.36 Å². The Labute approximate surface area is 117 Å². The van der Waals surface area contributed by atoms with E-state index in [0.717, 1.165) is 49.7 Å². The Morgan fingerprint density at radius 2 is 2.47 bits per heavy atom. The lowest BCUT2D eigenvalue weighted by Gasteiger charge is -2.25. The van der Waals surface area contributed by atoms with Crippen LogP contribution < -0.4 is 4.90 Å². The second-order valence-electron chi connectivity index (χ2n) is 5.46. The molecule has 0 spiro atoms. The van der Waals surface area contributed by atoms with Gasteiger partial charge in [-0.1, -0.05) is 13.3 Å². The van der Waals surface area contributed by atoms with Crippen LogP contribution >= 0.6 is 11.5 Å². The first-order valence-corrected chi connectivity index (χ1v) is 7.63. The van der Waals surface area contributed by atoms with Crippen LogP contribution in [0.5, 0.6) is 0 Å². The number of esters is 1. The highest BCUT2D eigenvalue weighted by Crippen LogP contribution is 2.50. The molecule has 1 aromatic heterocycles. The van der Waals surface area contributed by atoms with E-state index in [1.165, 1.54) is 18.6 Å². The number of carbonyl (C=O) groups is 1. The van der Waals surface area contributed by atoms with Gasteiger partial charge in [0.05, 0.1) is 12.5 Å². The van der Waals surface area contributed by atoms with Crippen LogP contribution in [0.3, 0.4) is 0 Å². The fraction of sp³-hybridized carbons (Fsp3) is 0.769. The molecule has 0 aromatic carbocycles. The van der Waals surface area contributed by atoms with Crippen molar-refractivity contribution in [3.63, 3.8) is 0 Å². The molecule has 3 rings (SSSR count). The molecule has 104 valence electrons. The summed E-state index contributed by atoms with van der Waals surface area (Å²) in [6, 6.07) is 0. The van der Waals surface area contributed by atoms with Crippen molar-refractivity contribution in [2.45, 2.75) is 32.6 Å². The summed E-state index contributed by atoms with van der Waals surface area (Å²) in [5, 5.41) is 0.953. The molecule has 0 radical (unpaired) electrons. The van der Waals surface area contributed by atoms with Gasteiger partial charge < -0.3 is 9.64 Å². The lowest BCUT2D eigenvalue weighted by molar-refractivity contribution is -0.152. The molecule has 6 heteroatoms. The largest absolute Gasteiger partial charge is 0.469 e. The fourth-order valence-electron chi connectivity index (χ4n) is 3.49. The number of carbonyl (C=O) groups excluding carboxylic acids is 1. The normalized spacial score (nSPS) is 29.6. The van der Waals surface area contributed by atoms with Gasteiger partial charge in [0.15, 0.2) is 0 Å². The van der Waals surface area contributed by atoms with Crippen LogP contribution in [0, 0.1) is 11.3 Å². The number of nitrogens with zero attached hydrogens (tertiary/aromatic N) is 3. The van der Waals surface area contributed by atoms with Gasteiger partial charge in [-0.15, -0.1) is 0 Å². The fourth-order valence-corrected chi connectivity index (χ4v) is 4.25. The minimum Gasteiger partial charge on any atom is -0.469 e. The Morgan fingerprint density at radius 1 is 1.63 bits per heavy atom. The molecular weight excluding hydrogens is 262 g/mol. The zero-order valence-electron chi connectivity index (χ0n) is 11.4. The van der Waals surface area contributed by atoms with E-state index in [1.54, 1.807) is 0 Å². The van der Waals surface area contributed by atoms with Crippen molar-refractivity contribution in [2.75, 3.05) is 25.1 Å². The maximum atomic E-state index is 12.2. The number of aromatic nitrogens is 2. The molecule has 5 nitrogen and oxygen atoms in total. The smallest absolute Gasteiger partial charge is 0.313 e. The number of ether oxygens (including phenoxy) is 1. The highest BCUT2D eigenvalue weighted by atomic mass is 32.1. The van der Waals surface area contributed by atoms with Crippen molar-refractivity contribution >= 4 is 22.6 Å². The molecule has 1 saturated heterocycles. The average Bonchev–Trinajstić information content (AvgIpc) is 3.09. The van der Waals surface area contributed by atoms with Crippen molar-refractivity contribution in [2.24, 2.45) is 11.3 Å². The van der Waals surface area contributed by atoms with Gasteiger partial charge >= 0.3 is 5.97 Å². The Hall–Kier alpha value is -1.17. The van der Waals surface area contributed by atoms with Crippen molar-refractivity contribution in [1.29, 1.82) is 0 Å². The van der Waals surface area contributed by atoms with Crippen LogP contribution in [0.4, 0.5) is 5.13 Å². The Kier molecular flexibility index (Phi) is 3.20. The van der Waals surface area contributed by atoms with Crippen molar-refractivity contribution in [3.8, 4) is 0 Å². The minimum atomic E-state index is -0.299. The number of aryl methyl sites for hydroxylation is 1.